The second-order valence-electron chi connectivity index (χ2n) is 12.5. The molecule has 0 bridgehead atoms. The summed E-state index contributed by atoms with van der Waals surface area (Å²) in [6.45, 7) is 19.8. The summed E-state index contributed by atoms with van der Waals surface area (Å²) in [5.41, 5.74) is 1.10. The summed E-state index contributed by atoms with van der Waals surface area (Å²) in [4.78, 5) is 24.5. The Kier molecular flexibility index (Phi) is 9.33. The van der Waals surface area contributed by atoms with Crippen LogP contribution < -0.4 is 9.47 Å². The zero-order valence-corrected chi connectivity index (χ0v) is 23.2. The summed E-state index contributed by atoms with van der Waals surface area (Å²) in [5.74, 6) is 1.84. The van der Waals surface area contributed by atoms with Crippen molar-refractivity contribution in [3.8, 4) is 11.5 Å². The van der Waals surface area contributed by atoms with Crippen molar-refractivity contribution in [3.05, 3.63) is 59.7 Å². The predicted molar refractivity (Wildman–Crippen MR) is 144 cm³/mol. The first-order valence-electron chi connectivity index (χ1n) is 12.6. The molecular formula is C31H44O4. The maximum absolute atomic E-state index is 12.4. The first-order valence-corrected chi connectivity index (χ1v) is 12.6. The summed E-state index contributed by atoms with van der Waals surface area (Å²) < 4.78 is 12.1. The van der Waals surface area contributed by atoms with Gasteiger partial charge in [0.15, 0.2) is 11.6 Å². The third kappa shape index (κ3) is 9.16. The van der Waals surface area contributed by atoms with E-state index in [0.29, 0.717) is 18.8 Å². The average molecular weight is 481 g/mol. The molecule has 0 aliphatic heterocycles. The number of ketones is 2. The zero-order chi connectivity index (χ0) is 26.4. The van der Waals surface area contributed by atoms with Gasteiger partial charge in [-0.2, -0.15) is 0 Å². The van der Waals surface area contributed by atoms with Crippen molar-refractivity contribution in [3.63, 3.8) is 0 Å². The van der Waals surface area contributed by atoms with Crippen LogP contribution in [0, 0.1) is 22.2 Å². The third-order valence-electron chi connectivity index (χ3n) is 6.10. The minimum atomic E-state index is -0.390. The molecule has 0 unspecified atom stereocenters. The molecule has 0 atom stereocenters. The smallest absolute Gasteiger partial charge is 0.168 e. The predicted octanol–water partition coefficient (Wildman–Crippen LogP) is 8.04. The van der Waals surface area contributed by atoms with E-state index in [0.717, 1.165) is 29.9 Å². The van der Waals surface area contributed by atoms with E-state index in [1.807, 2.05) is 83.1 Å². The Bertz CT molecular complexity index is 974. The third-order valence-corrected chi connectivity index (χ3v) is 6.10. The first kappa shape index (κ1) is 28.6. The summed E-state index contributed by atoms with van der Waals surface area (Å²) in [5, 5.41) is 0. The van der Waals surface area contributed by atoms with Gasteiger partial charge in [-0.1, -0.05) is 62.3 Å². The molecule has 0 spiro atoms. The van der Waals surface area contributed by atoms with Crippen LogP contribution in [0.15, 0.2) is 48.5 Å². The molecule has 35 heavy (non-hydrogen) atoms. The second-order valence-corrected chi connectivity index (χ2v) is 12.5. The van der Waals surface area contributed by atoms with Gasteiger partial charge in [-0.25, -0.2) is 0 Å². The number of Topliss-reactive ketones (excluding diaryl/α,β-unsaturated/α-hetero) is 2. The lowest BCUT2D eigenvalue weighted by Gasteiger charge is -2.35. The summed E-state index contributed by atoms with van der Waals surface area (Å²) in [7, 11) is 0. The molecule has 0 aliphatic rings. The van der Waals surface area contributed by atoms with Gasteiger partial charge in [-0.3, -0.25) is 9.59 Å². The highest BCUT2D eigenvalue weighted by molar-refractivity contribution is 5.99. The first-order chi connectivity index (χ1) is 16.1. The highest BCUT2D eigenvalue weighted by Crippen LogP contribution is 2.37. The van der Waals surface area contributed by atoms with Crippen molar-refractivity contribution in [1.29, 1.82) is 0 Å². The number of ether oxygens (including phenoxy) is 2. The number of benzene rings is 2. The van der Waals surface area contributed by atoms with Gasteiger partial charge >= 0.3 is 0 Å². The lowest BCUT2D eigenvalue weighted by Crippen LogP contribution is -2.29. The van der Waals surface area contributed by atoms with E-state index < -0.39 is 0 Å². The quantitative estimate of drug-likeness (QED) is 0.288. The van der Waals surface area contributed by atoms with Gasteiger partial charge in [0, 0.05) is 22.5 Å². The largest absolute Gasteiger partial charge is 0.494 e. The molecular weight excluding hydrogens is 436 g/mol. The number of rotatable bonds is 12. The normalized spacial score (nSPS) is 12.5. The van der Waals surface area contributed by atoms with E-state index in [1.54, 1.807) is 0 Å². The SMILES string of the molecule is CC(C)C(=O)c1ccc(OCC(C)(C)CC(C)(C)CCOc2ccc(C(=O)C(C)(C)C)cc2)cc1. The Morgan fingerprint density at radius 2 is 1.20 bits per heavy atom. The van der Waals surface area contributed by atoms with Crippen LogP contribution in [-0.4, -0.2) is 24.8 Å². The molecule has 0 saturated heterocycles. The number of carbonyl (C=O) groups excluding carboxylic acids is 2. The zero-order valence-electron chi connectivity index (χ0n) is 23.2. The van der Waals surface area contributed by atoms with Gasteiger partial charge in [0.05, 0.1) is 13.2 Å². The van der Waals surface area contributed by atoms with Crippen LogP contribution in [0.5, 0.6) is 11.5 Å². The molecule has 192 valence electrons. The minimum Gasteiger partial charge on any atom is -0.494 e. The molecule has 2 aromatic carbocycles. The fourth-order valence-electron chi connectivity index (χ4n) is 4.34. The Hall–Kier alpha value is -2.62. The van der Waals surface area contributed by atoms with E-state index in [9.17, 15) is 9.59 Å². The molecule has 0 aromatic heterocycles. The Labute approximate surface area is 212 Å². The Balaban J connectivity index is 1.83. The van der Waals surface area contributed by atoms with Crippen LogP contribution in [0.2, 0.25) is 0 Å². The Morgan fingerprint density at radius 1 is 0.714 bits per heavy atom. The van der Waals surface area contributed by atoms with Crippen molar-refractivity contribution in [1.82, 2.24) is 0 Å². The molecule has 0 heterocycles. The van der Waals surface area contributed by atoms with Crippen LogP contribution in [0.25, 0.3) is 0 Å². The number of hydrogen-bond donors (Lipinski definition) is 0. The summed E-state index contributed by atoms with van der Waals surface area (Å²) >= 11 is 0. The highest BCUT2D eigenvalue weighted by atomic mass is 16.5. The van der Waals surface area contributed by atoms with Crippen molar-refractivity contribution in [2.45, 2.75) is 75.2 Å². The molecule has 2 aromatic rings. The van der Waals surface area contributed by atoms with E-state index in [-0.39, 0.29) is 33.7 Å². The Morgan fingerprint density at radius 3 is 1.69 bits per heavy atom. The summed E-state index contributed by atoms with van der Waals surface area (Å²) in [6, 6.07) is 14.9. The monoisotopic (exact) mass is 480 g/mol. The van der Waals surface area contributed by atoms with Crippen molar-refractivity contribution < 1.29 is 19.1 Å². The molecule has 0 saturated carbocycles. The lowest BCUT2D eigenvalue weighted by atomic mass is 9.74. The van der Waals surface area contributed by atoms with Crippen LogP contribution >= 0.6 is 0 Å². The van der Waals surface area contributed by atoms with E-state index in [1.165, 1.54) is 0 Å². The van der Waals surface area contributed by atoms with Gasteiger partial charge < -0.3 is 9.47 Å². The molecule has 0 radical (unpaired) electrons. The standard InChI is InChI=1S/C31H44O4/c1-22(2)27(32)23-10-14-26(15-11-23)35-21-31(8,9)20-30(6,7)18-19-34-25-16-12-24(13-17-25)28(33)29(3,4)5/h10-17,22H,18-21H2,1-9H3. The molecule has 0 fully saturated rings. The van der Waals surface area contributed by atoms with Gasteiger partial charge in [-0.05, 0) is 72.2 Å². The number of carbonyl (C=O) groups is 2. The topological polar surface area (TPSA) is 52.6 Å². The van der Waals surface area contributed by atoms with Gasteiger partial charge in [0.2, 0.25) is 0 Å². The van der Waals surface area contributed by atoms with Crippen molar-refractivity contribution in [2.24, 2.45) is 22.2 Å². The molecule has 2 rings (SSSR count). The van der Waals surface area contributed by atoms with Crippen LogP contribution in [0.3, 0.4) is 0 Å². The highest BCUT2D eigenvalue weighted by Gasteiger charge is 2.30. The van der Waals surface area contributed by atoms with E-state index in [4.69, 9.17) is 9.47 Å². The van der Waals surface area contributed by atoms with Crippen LogP contribution in [-0.2, 0) is 0 Å². The summed E-state index contributed by atoms with van der Waals surface area (Å²) in [6.07, 6.45) is 1.89. The van der Waals surface area contributed by atoms with E-state index >= 15 is 0 Å². The van der Waals surface area contributed by atoms with Gasteiger partial charge in [0.25, 0.3) is 0 Å². The van der Waals surface area contributed by atoms with E-state index in [2.05, 4.69) is 27.7 Å². The molecule has 4 heteroatoms. The lowest BCUT2D eigenvalue weighted by molar-refractivity contribution is 0.0857. The average Bonchev–Trinajstić information content (AvgIpc) is 2.76. The van der Waals surface area contributed by atoms with Crippen LogP contribution in [0.4, 0.5) is 0 Å². The molecule has 0 aliphatic carbocycles. The fraction of sp³-hybridized carbons (Fsp3) is 0.548. The van der Waals surface area contributed by atoms with Crippen molar-refractivity contribution >= 4 is 11.6 Å². The fourth-order valence-corrected chi connectivity index (χ4v) is 4.34. The maximum Gasteiger partial charge on any atom is 0.168 e. The maximum atomic E-state index is 12.4. The molecule has 4 nitrogen and oxygen atoms in total. The molecule has 0 N–H and O–H groups in total. The van der Waals surface area contributed by atoms with Gasteiger partial charge in [-0.15, -0.1) is 0 Å². The minimum absolute atomic E-state index is 0.0102. The second kappa shape index (κ2) is 11.4. The number of hydrogen-bond acceptors (Lipinski definition) is 4. The van der Waals surface area contributed by atoms with Gasteiger partial charge in [0.1, 0.15) is 11.5 Å². The van der Waals surface area contributed by atoms with Crippen LogP contribution in [0.1, 0.15) is 95.9 Å². The molecule has 0 amide bonds. The van der Waals surface area contributed by atoms with Crippen molar-refractivity contribution in [2.75, 3.05) is 13.2 Å².